The van der Waals surface area contributed by atoms with E-state index in [1.54, 1.807) is 0 Å². The number of nitrogens with zero attached hydrogens (tertiary/aromatic N) is 1. The third kappa shape index (κ3) is 5.87. The fourth-order valence-corrected chi connectivity index (χ4v) is 2.77. The molecular weight excluding hydrogens is 208 g/mol. The van der Waals surface area contributed by atoms with Gasteiger partial charge in [-0.25, -0.2) is 0 Å². The van der Waals surface area contributed by atoms with Crippen LogP contribution in [0.15, 0.2) is 0 Å². The molecule has 0 aromatic heterocycles. The first-order valence-corrected chi connectivity index (χ1v) is 7.63. The SMILES string of the molecule is CCCCCC(C)NC1CCN(C(C)C)CC1. The van der Waals surface area contributed by atoms with Gasteiger partial charge in [0, 0.05) is 18.1 Å². The van der Waals surface area contributed by atoms with E-state index in [-0.39, 0.29) is 0 Å². The second-order valence-electron chi connectivity index (χ2n) is 5.97. The van der Waals surface area contributed by atoms with Crippen molar-refractivity contribution in [2.75, 3.05) is 13.1 Å². The lowest BCUT2D eigenvalue weighted by Crippen LogP contribution is -2.47. The zero-order valence-electron chi connectivity index (χ0n) is 12.3. The standard InChI is InChI=1S/C15H32N2/c1-5-6-7-8-14(4)16-15-9-11-17(12-10-15)13(2)3/h13-16H,5-12H2,1-4H3. The summed E-state index contributed by atoms with van der Waals surface area (Å²) in [6, 6.07) is 2.19. The molecule has 0 spiro atoms. The number of likely N-dealkylation sites (tertiary alicyclic amines) is 1. The molecular formula is C15H32N2. The van der Waals surface area contributed by atoms with E-state index in [1.807, 2.05) is 0 Å². The molecule has 1 aliphatic rings. The van der Waals surface area contributed by atoms with Crippen molar-refractivity contribution in [3.05, 3.63) is 0 Å². The topological polar surface area (TPSA) is 15.3 Å². The molecule has 1 atom stereocenters. The predicted molar refractivity (Wildman–Crippen MR) is 76.5 cm³/mol. The van der Waals surface area contributed by atoms with Gasteiger partial charge in [-0.3, -0.25) is 0 Å². The first-order chi connectivity index (χ1) is 8.13. The van der Waals surface area contributed by atoms with E-state index in [1.165, 1.54) is 51.6 Å². The summed E-state index contributed by atoms with van der Waals surface area (Å²) >= 11 is 0. The summed E-state index contributed by atoms with van der Waals surface area (Å²) < 4.78 is 0. The molecule has 0 radical (unpaired) electrons. The van der Waals surface area contributed by atoms with Gasteiger partial charge in [-0.05, 0) is 53.1 Å². The molecule has 0 bridgehead atoms. The largest absolute Gasteiger partial charge is 0.311 e. The Hall–Kier alpha value is -0.0800. The molecule has 1 heterocycles. The van der Waals surface area contributed by atoms with Crippen LogP contribution < -0.4 is 5.32 Å². The number of piperidine rings is 1. The van der Waals surface area contributed by atoms with Crippen molar-refractivity contribution in [3.63, 3.8) is 0 Å². The number of nitrogens with one attached hydrogen (secondary N) is 1. The van der Waals surface area contributed by atoms with Crippen molar-refractivity contribution in [2.45, 2.75) is 84.3 Å². The Morgan fingerprint density at radius 1 is 1.12 bits per heavy atom. The lowest BCUT2D eigenvalue weighted by molar-refractivity contribution is 0.156. The molecule has 2 heteroatoms. The molecule has 0 amide bonds. The normalized spacial score (nSPS) is 21.0. The minimum atomic E-state index is 0.706. The van der Waals surface area contributed by atoms with Crippen LogP contribution in [0.1, 0.15) is 66.2 Å². The van der Waals surface area contributed by atoms with Crippen molar-refractivity contribution in [3.8, 4) is 0 Å². The molecule has 1 aliphatic heterocycles. The van der Waals surface area contributed by atoms with Gasteiger partial charge in [-0.2, -0.15) is 0 Å². The number of unbranched alkanes of at least 4 members (excludes halogenated alkanes) is 2. The molecule has 1 saturated heterocycles. The monoisotopic (exact) mass is 240 g/mol. The van der Waals surface area contributed by atoms with Gasteiger partial charge in [0.1, 0.15) is 0 Å². The van der Waals surface area contributed by atoms with Crippen molar-refractivity contribution < 1.29 is 0 Å². The Morgan fingerprint density at radius 3 is 2.29 bits per heavy atom. The van der Waals surface area contributed by atoms with Gasteiger partial charge in [-0.1, -0.05) is 26.2 Å². The second-order valence-corrected chi connectivity index (χ2v) is 5.97. The smallest absolute Gasteiger partial charge is 0.00938 e. The Labute approximate surface area is 108 Å². The maximum absolute atomic E-state index is 3.81. The maximum atomic E-state index is 3.81. The van der Waals surface area contributed by atoms with Crippen LogP contribution >= 0.6 is 0 Å². The molecule has 0 aromatic rings. The van der Waals surface area contributed by atoms with E-state index < -0.39 is 0 Å². The summed E-state index contributed by atoms with van der Waals surface area (Å²) in [6.07, 6.45) is 8.11. The van der Waals surface area contributed by atoms with Crippen LogP contribution in [-0.2, 0) is 0 Å². The predicted octanol–water partition coefficient (Wildman–Crippen LogP) is 3.42. The Balaban J connectivity index is 2.12. The highest BCUT2D eigenvalue weighted by Gasteiger charge is 2.21. The number of hydrogen-bond donors (Lipinski definition) is 1. The summed E-state index contributed by atoms with van der Waals surface area (Å²) in [6.45, 7) is 11.8. The van der Waals surface area contributed by atoms with Crippen LogP contribution in [0.4, 0.5) is 0 Å². The van der Waals surface area contributed by atoms with E-state index in [0.717, 1.165) is 12.1 Å². The second kappa shape index (κ2) is 8.10. The summed E-state index contributed by atoms with van der Waals surface area (Å²) in [5.74, 6) is 0. The number of hydrogen-bond acceptors (Lipinski definition) is 2. The zero-order chi connectivity index (χ0) is 12.7. The van der Waals surface area contributed by atoms with Gasteiger partial charge in [0.2, 0.25) is 0 Å². The van der Waals surface area contributed by atoms with E-state index in [0.29, 0.717) is 6.04 Å². The van der Waals surface area contributed by atoms with Crippen LogP contribution in [0.2, 0.25) is 0 Å². The molecule has 0 aliphatic carbocycles. The van der Waals surface area contributed by atoms with Crippen LogP contribution in [0.3, 0.4) is 0 Å². The average molecular weight is 240 g/mol. The molecule has 17 heavy (non-hydrogen) atoms. The lowest BCUT2D eigenvalue weighted by atomic mass is 10.0. The van der Waals surface area contributed by atoms with Gasteiger partial charge in [0.15, 0.2) is 0 Å². The van der Waals surface area contributed by atoms with Crippen molar-refractivity contribution in [2.24, 2.45) is 0 Å². The average Bonchev–Trinajstić information content (AvgIpc) is 2.30. The maximum Gasteiger partial charge on any atom is 0.00938 e. The van der Waals surface area contributed by atoms with Gasteiger partial charge in [0.05, 0.1) is 0 Å². The Morgan fingerprint density at radius 2 is 1.76 bits per heavy atom. The molecule has 1 rings (SSSR count). The fourth-order valence-electron chi connectivity index (χ4n) is 2.77. The minimum Gasteiger partial charge on any atom is -0.311 e. The van der Waals surface area contributed by atoms with Gasteiger partial charge >= 0.3 is 0 Å². The van der Waals surface area contributed by atoms with Crippen molar-refractivity contribution in [1.29, 1.82) is 0 Å². The van der Waals surface area contributed by atoms with E-state index in [9.17, 15) is 0 Å². The van der Waals surface area contributed by atoms with Crippen LogP contribution in [-0.4, -0.2) is 36.1 Å². The molecule has 1 fully saturated rings. The van der Waals surface area contributed by atoms with Gasteiger partial charge in [0.25, 0.3) is 0 Å². The summed E-state index contributed by atoms with van der Waals surface area (Å²) in [5, 5.41) is 3.81. The zero-order valence-corrected chi connectivity index (χ0v) is 12.3. The van der Waals surface area contributed by atoms with E-state index in [4.69, 9.17) is 0 Å². The molecule has 102 valence electrons. The van der Waals surface area contributed by atoms with Crippen LogP contribution in [0.25, 0.3) is 0 Å². The van der Waals surface area contributed by atoms with Gasteiger partial charge < -0.3 is 10.2 Å². The molecule has 2 nitrogen and oxygen atoms in total. The van der Waals surface area contributed by atoms with Crippen molar-refractivity contribution >= 4 is 0 Å². The first kappa shape index (κ1) is 15.0. The van der Waals surface area contributed by atoms with E-state index in [2.05, 4.69) is 37.9 Å². The van der Waals surface area contributed by atoms with E-state index >= 15 is 0 Å². The quantitative estimate of drug-likeness (QED) is 0.686. The first-order valence-electron chi connectivity index (χ1n) is 7.63. The fraction of sp³-hybridized carbons (Fsp3) is 1.00. The summed E-state index contributed by atoms with van der Waals surface area (Å²) in [5.41, 5.74) is 0. The number of rotatable bonds is 7. The van der Waals surface area contributed by atoms with Crippen LogP contribution in [0, 0.1) is 0 Å². The van der Waals surface area contributed by atoms with Gasteiger partial charge in [-0.15, -0.1) is 0 Å². The summed E-state index contributed by atoms with van der Waals surface area (Å²) in [7, 11) is 0. The Kier molecular flexibility index (Phi) is 7.14. The molecule has 0 saturated carbocycles. The van der Waals surface area contributed by atoms with Crippen LogP contribution in [0.5, 0.6) is 0 Å². The summed E-state index contributed by atoms with van der Waals surface area (Å²) in [4.78, 5) is 2.60. The van der Waals surface area contributed by atoms with Crippen molar-refractivity contribution in [1.82, 2.24) is 10.2 Å². The third-order valence-corrected chi connectivity index (χ3v) is 4.02. The Bertz CT molecular complexity index is 183. The molecule has 1 unspecified atom stereocenters. The molecule has 0 aromatic carbocycles. The minimum absolute atomic E-state index is 0.706. The molecule has 1 N–H and O–H groups in total. The highest BCUT2D eigenvalue weighted by molar-refractivity contribution is 4.80. The highest BCUT2D eigenvalue weighted by atomic mass is 15.2. The lowest BCUT2D eigenvalue weighted by Gasteiger charge is -2.36. The third-order valence-electron chi connectivity index (χ3n) is 4.02. The highest BCUT2D eigenvalue weighted by Crippen LogP contribution is 2.14.